The minimum Gasteiger partial charge on any atom is -0.541 e. The van der Waals surface area contributed by atoms with Crippen LogP contribution in [0.25, 0.3) is 0 Å². The Bertz CT molecular complexity index is 502. The minimum absolute atomic E-state index is 0.154. The molecule has 0 saturated heterocycles. The monoisotopic (exact) mass is 273 g/mol. The average molecular weight is 273 g/mol. The number of carboxylic acids is 1. The number of aliphatic carboxylic acids is 1. The first-order valence-corrected chi connectivity index (χ1v) is 5.17. The van der Waals surface area contributed by atoms with E-state index in [2.05, 4.69) is 9.47 Å². The van der Waals surface area contributed by atoms with Gasteiger partial charge in [0.2, 0.25) is 0 Å². The van der Waals surface area contributed by atoms with Gasteiger partial charge < -0.3 is 19.4 Å². The van der Waals surface area contributed by atoms with E-state index >= 15 is 0 Å². The molecule has 0 amide bonds. The Labute approximate surface area is 107 Å². The highest BCUT2D eigenvalue weighted by Gasteiger charge is 2.35. The molecular formula is C12H11F2O5-. The summed E-state index contributed by atoms with van der Waals surface area (Å²) >= 11 is 0. The summed E-state index contributed by atoms with van der Waals surface area (Å²) in [5, 5.41) is 10.2. The van der Waals surface area contributed by atoms with Crippen molar-refractivity contribution in [3.63, 3.8) is 0 Å². The predicted octanol–water partition coefficient (Wildman–Crippen LogP) is 0.812. The third kappa shape index (κ3) is 3.18. The molecule has 0 aliphatic heterocycles. The summed E-state index contributed by atoms with van der Waals surface area (Å²) in [6.45, 7) is 2.81. The van der Waals surface area contributed by atoms with Crippen LogP contribution >= 0.6 is 0 Å². The van der Waals surface area contributed by atoms with Gasteiger partial charge in [-0.1, -0.05) is 0 Å². The van der Waals surface area contributed by atoms with Gasteiger partial charge in [0.25, 0.3) is 0 Å². The number of benzene rings is 1. The molecular weight excluding hydrogens is 262 g/mol. The molecule has 0 unspecified atom stereocenters. The van der Waals surface area contributed by atoms with E-state index < -0.39 is 18.0 Å². The molecule has 7 heteroatoms. The fourth-order valence-electron chi connectivity index (χ4n) is 1.52. The summed E-state index contributed by atoms with van der Waals surface area (Å²) in [4.78, 5) is 21.5. The van der Waals surface area contributed by atoms with E-state index in [1.807, 2.05) is 0 Å². The van der Waals surface area contributed by atoms with Gasteiger partial charge in [0, 0.05) is 0 Å². The van der Waals surface area contributed by atoms with Crippen molar-refractivity contribution in [3.05, 3.63) is 28.8 Å². The smallest absolute Gasteiger partial charge is 0.441 e. The van der Waals surface area contributed by atoms with Crippen LogP contribution in [-0.2, 0) is 9.53 Å². The number of carbonyl (C=O) groups excluding carboxylic acids is 2. The summed E-state index contributed by atoms with van der Waals surface area (Å²) in [7, 11) is 1.18. The fraction of sp³-hybridized carbons (Fsp3) is 0.333. The van der Waals surface area contributed by atoms with Crippen LogP contribution in [0.2, 0.25) is 0 Å². The first-order chi connectivity index (χ1) is 8.69. The Morgan fingerprint density at radius 1 is 1.21 bits per heavy atom. The standard InChI is InChI=1S/C12H12F2O5/c1-6-4-8(10(15)18-3)5-7(2)9(6)19-12(13,14)11(16)17/h4-5H,1-3H3,(H,16,17)/p-1. The second-order valence-electron chi connectivity index (χ2n) is 3.84. The lowest BCUT2D eigenvalue weighted by atomic mass is 10.1. The van der Waals surface area contributed by atoms with Crippen molar-refractivity contribution in [1.29, 1.82) is 0 Å². The maximum atomic E-state index is 12.9. The first kappa shape index (κ1) is 14.9. The summed E-state index contributed by atoms with van der Waals surface area (Å²) in [6.07, 6.45) is -4.44. The molecule has 5 nitrogen and oxygen atoms in total. The predicted molar refractivity (Wildman–Crippen MR) is 57.8 cm³/mol. The molecule has 0 aliphatic carbocycles. The Balaban J connectivity index is 3.18. The Morgan fingerprint density at radius 2 is 1.68 bits per heavy atom. The zero-order valence-electron chi connectivity index (χ0n) is 10.5. The molecule has 1 rings (SSSR count). The van der Waals surface area contributed by atoms with Crippen LogP contribution in [0.15, 0.2) is 12.1 Å². The van der Waals surface area contributed by atoms with Crippen LogP contribution in [-0.4, -0.2) is 25.2 Å². The van der Waals surface area contributed by atoms with E-state index in [-0.39, 0.29) is 22.4 Å². The molecule has 0 fully saturated rings. The van der Waals surface area contributed by atoms with Crippen molar-refractivity contribution in [2.24, 2.45) is 0 Å². The average Bonchev–Trinajstić information content (AvgIpc) is 2.32. The maximum Gasteiger partial charge on any atom is 0.441 e. The molecule has 104 valence electrons. The number of esters is 1. The quantitative estimate of drug-likeness (QED) is 0.759. The summed E-state index contributed by atoms with van der Waals surface area (Å²) in [5.41, 5.74) is 0.518. The van der Waals surface area contributed by atoms with Gasteiger partial charge in [-0.3, -0.25) is 0 Å². The van der Waals surface area contributed by atoms with E-state index in [1.165, 1.54) is 33.1 Å². The number of hydrogen-bond acceptors (Lipinski definition) is 5. The van der Waals surface area contributed by atoms with Crippen LogP contribution in [0.5, 0.6) is 5.75 Å². The third-order valence-electron chi connectivity index (χ3n) is 2.35. The Morgan fingerprint density at radius 3 is 2.05 bits per heavy atom. The SMILES string of the molecule is COC(=O)c1cc(C)c(OC(F)(F)C(=O)[O-])c(C)c1. The Hall–Kier alpha value is -2.18. The molecule has 0 heterocycles. The van der Waals surface area contributed by atoms with Crippen molar-refractivity contribution in [2.75, 3.05) is 7.11 Å². The number of rotatable bonds is 4. The lowest BCUT2D eigenvalue weighted by Gasteiger charge is -2.21. The second-order valence-corrected chi connectivity index (χ2v) is 3.84. The van der Waals surface area contributed by atoms with Crippen LogP contribution in [0.1, 0.15) is 21.5 Å². The molecule has 0 bridgehead atoms. The number of alkyl halides is 2. The van der Waals surface area contributed by atoms with Gasteiger partial charge in [-0.05, 0) is 37.1 Å². The van der Waals surface area contributed by atoms with Gasteiger partial charge >= 0.3 is 12.1 Å². The van der Waals surface area contributed by atoms with E-state index in [0.717, 1.165) is 0 Å². The van der Waals surface area contributed by atoms with Gasteiger partial charge in [0.15, 0.2) is 5.97 Å². The van der Waals surface area contributed by atoms with Crippen LogP contribution < -0.4 is 9.84 Å². The molecule has 0 atom stereocenters. The van der Waals surface area contributed by atoms with Crippen LogP contribution in [0.3, 0.4) is 0 Å². The van der Waals surface area contributed by atoms with Gasteiger partial charge in [0.1, 0.15) is 5.75 Å². The molecule has 0 N–H and O–H groups in total. The van der Waals surface area contributed by atoms with Crippen molar-refractivity contribution >= 4 is 11.9 Å². The second kappa shape index (κ2) is 5.21. The number of methoxy groups -OCH3 is 1. The summed E-state index contributed by atoms with van der Waals surface area (Å²) in [5.74, 6) is -3.59. The largest absolute Gasteiger partial charge is 0.541 e. The lowest BCUT2D eigenvalue weighted by molar-refractivity contribution is -0.350. The van der Waals surface area contributed by atoms with Gasteiger partial charge in [-0.15, -0.1) is 0 Å². The molecule has 0 spiro atoms. The minimum atomic E-state index is -4.44. The van der Waals surface area contributed by atoms with Crippen LogP contribution in [0, 0.1) is 13.8 Å². The van der Waals surface area contributed by atoms with E-state index in [0.29, 0.717) is 0 Å². The molecule has 0 saturated carbocycles. The topological polar surface area (TPSA) is 75.7 Å². The molecule has 0 aromatic heterocycles. The van der Waals surface area contributed by atoms with Gasteiger partial charge in [0.05, 0.1) is 12.7 Å². The van der Waals surface area contributed by atoms with Crippen molar-refractivity contribution in [1.82, 2.24) is 0 Å². The molecule has 1 aromatic carbocycles. The third-order valence-corrected chi connectivity index (χ3v) is 2.35. The zero-order chi connectivity index (χ0) is 14.8. The number of hydrogen-bond donors (Lipinski definition) is 0. The molecule has 0 radical (unpaired) electrons. The number of halogens is 2. The highest BCUT2D eigenvalue weighted by atomic mass is 19.3. The zero-order valence-corrected chi connectivity index (χ0v) is 10.5. The van der Waals surface area contributed by atoms with E-state index in [9.17, 15) is 23.5 Å². The number of ether oxygens (including phenoxy) is 2. The number of aryl methyl sites for hydroxylation is 2. The summed E-state index contributed by atoms with van der Waals surface area (Å²) < 4.78 is 34.5. The first-order valence-electron chi connectivity index (χ1n) is 5.17. The fourth-order valence-corrected chi connectivity index (χ4v) is 1.52. The van der Waals surface area contributed by atoms with Gasteiger partial charge in [-0.2, -0.15) is 8.78 Å². The number of carboxylic acid groups (broad SMARTS) is 1. The van der Waals surface area contributed by atoms with E-state index in [1.54, 1.807) is 0 Å². The maximum absolute atomic E-state index is 12.9. The Kier molecular flexibility index (Phi) is 4.08. The molecule has 19 heavy (non-hydrogen) atoms. The van der Waals surface area contributed by atoms with Crippen LogP contribution in [0.4, 0.5) is 8.78 Å². The van der Waals surface area contributed by atoms with E-state index in [4.69, 9.17) is 0 Å². The normalized spacial score (nSPS) is 11.0. The highest BCUT2D eigenvalue weighted by Crippen LogP contribution is 2.30. The molecule has 1 aromatic rings. The highest BCUT2D eigenvalue weighted by molar-refractivity contribution is 5.90. The van der Waals surface area contributed by atoms with Gasteiger partial charge in [-0.25, -0.2) is 4.79 Å². The summed E-state index contributed by atoms with van der Waals surface area (Å²) in [6, 6.07) is 2.53. The molecule has 0 aliphatic rings. The van der Waals surface area contributed by atoms with Crippen molar-refractivity contribution in [2.45, 2.75) is 20.0 Å². The number of carbonyl (C=O) groups is 2. The van der Waals surface area contributed by atoms with Crippen molar-refractivity contribution in [3.8, 4) is 5.75 Å². The lowest BCUT2D eigenvalue weighted by Crippen LogP contribution is -2.45. The van der Waals surface area contributed by atoms with Crippen molar-refractivity contribution < 1.29 is 33.0 Å².